The minimum Gasteiger partial charge on any atom is -0.351 e. The zero-order valence-electron chi connectivity index (χ0n) is 12.8. The summed E-state index contributed by atoms with van der Waals surface area (Å²) in [4.78, 5) is 12.1. The molecule has 1 aromatic carbocycles. The molecule has 0 atom stereocenters. The lowest BCUT2D eigenvalue weighted by Gasteiger charge is -2.17. The van der Waals surface area contributed by atoms with Gasteiger partial charge in [-0.15, -0.1) is 0 Å². The van der Waals surface area contributed by atoms with Crippen LogP contribution in [0.5, 0.6) is 0 Å². The molecule has 0 radical (unpaired) electrons. The molecule has 1 aromatic rings. The molecule has 0 saturated heterocycles. The van der Waals surface area contributed by atoms with Crippen LogP contribution in [0.4, 0.5) is 5.69 Å². The van der Waals surface area contributed by atoms with E-state index in [-0.39, 0.29) is 10.7 Å². The van der Waals surface area contributed by atoms with Crippen LogP contribution in [0.2, 0.25) is 0 Å². The van der Waals surface area contributed by atoms with Crippen LogP contribution in [0.25, 0.3) is 0 Å². The van der Waals surface area contributed by atoms with E-state index in [0.717, 1.165) is 12.0 Å². The molecule has 1 rings (SSSR count). The maximum Gasteiger partial charge on any atom is 0.253 e. The monoisotopic (exact) mass is 330 g/mol. The van der Waals surface area contributed by atoms with Crippen molar-refractivity contribution in [1.29, 1.82) is 0 Å². The van der Waals surface area contributed by atoms with Crippen molar-refractivity contribution < 1.29 is 13.2 Å². The van der Waals surface area contributed by atoms with E-state index in [2.05, 4.69) is 30.8 Å². The van der Waals surface area contributed by atoms with Gasteiger partial charge in [0.05, 0.1) is 17.5 Å². The van der Waals surface area contributed by atoms with E-state index in [4.69, 9.17) is 0 Å². The Morgan fingerprint density at radius 3 is 2.43 bits per heavy atom. The topological polar surface area (TPSA) is 75.3 Å². The normalized spacial score (nSPS) is 12.0. The molecule has 1 amide bonds. The first-order valence-electron chi connectivity index (χ1n) is 6.57. The van der Waals surface area contributed by atoms with Crippen molar-refractivity contribution in [3.63, 3.8) is 0 Å². The van der Waals surface area contributed by atoms with Gasteiger partial charge in [0.25, 0.3) is 5.91 Å². The summed E-state index contributed by atoms with van der Waals surface area (Å²) in [5.74, 6) is 0.521. The summed E-state index contributed by atoms with van der Waals surface area (Å²) in [6.45, 7) is 6.88. The van der Waals surface area contributed by atoms with Crippen molar-refractivity contribution in [2.45, 2.75) is 25.5 Å². The van der Waals surface area contributed by atoms with Crippen LogP contribution in [0, 0.1) is 0 Å². The minimum absolute atomic E-state index is 0.153. The average Bonchev–Trinajstić information content (AvgIpc) is 2.32. The van der Waals surface area contributed by atoms with Gasteiger partial charge in [0.2, 0.25) is 10.0 Å². The van der Waals surface area contributed by atoms with E-state index in [0.29, 0.717) is 17.8 Å². The van der Waals surface area contributed by atoms with Crippen molar-refractivity contribution in [2.75, 3.05) is 23.3 Å². The van der Waals surface area contributed by atoms with Gasteiger partial charge in [0.15, 0.2) is 0 Å². The summed E-state index contributed by atoms with van der Waals surface area (Å²) < 4.78 is 25.1. The van der Waals surface area contributed by atoms with E-state index in [9.17, 15) is 13.2 Å². The summed E-state index contributed by atoms with van der Waals surface area (Å²) in [6, 6.07) is 6.55. The SMILES string of the molecule is CC(C)(C)SCCNC(=O)c1ccccc1NS(C)(=O)=O. The fourth-order valence-electron chi connectivity index (χ4n) is 1.59. The van der Waals surface area contributed by atoms with Crippen LogP contribution in [0.15, 0.2) is 24.3 Å². The van der Waals surface area contributed by atoms with Gasteiger partial charge in [-0.2, -0.15) is 11.8 Å². The second-order valence-corrected chi connectivity index (χ2v) is 9.31. The summed E-state index contributed by atoms with van der Waals surface area (Å²) in [5.41, 5.74) is 0.615. The zero-order valence-corrected chi connectivity index (χ0v) is 14.4. The Bertz CT molecular complexity index is 592. The lowest BCUT2D eigenvalue weighted by molar-refractivity contribution is 0.0957. The van der Waals surface area contributed by atoms with Crippen molar-refractivity contribution in [1.82, 2.24) is 5.32 Å². The summed E-state index contributed by atoms with van der Waals surface area (Å²) >= 11 is 1.76. The lowest BCUT2D eigenvalue weighted by Crippen LogP contribution is -2.28. The van der Waals surface area contributed by atoms with Gasteiger partial charge in [0, 0.05) is 17.0 Å². The Labute approximate surface area is 130 Å². The largest absolute Gasteiger partial charge is 0.351 e. The van der Waals surface area contributed by atoms with Crippen LogP contribution in [0.3, 0.4) is 0 Å². The number of nitrogens with one attached hydrogen (secondary N) is 2. The molecule has 0 spiro atoms. The second-order valence-electron chi connectivity index (χ2n) is 5.64. The molecule has 0 bridgehead atoms. The molecule has 0 unspecified atom stereocenters. The predicted molar refractivity (Wildman–Crippen MR) is 89.5 cm³/mol. The minimum atomic E-state index is -3.41. The summed E-state index contributed by atoms with van der Waals surface area (Å²) in [7, 11) is -3.41. The Kier molecular flexibility index (Phi) is 6.10. The van der Waals surface area contributed by atoms with E-state index in [1.54, 1.807) is 36.0 Å². The Morgan fingerprint density at radius 1 is 1.24 bits per heavy atom. The van der Waals surface area contributed by atoms with Gasteiger partial charge in [-0.25, -0.2) is 8.42 Å². The first-order chi connectivity index (χ1) is 9.58. The maximum absolute atomic E-state index is 12.1. The van der Waals surface area contributed by atoms with Crippen LogP contribution < -0.4 is 10.0 Å². The number of para-hydroxylation sites is 1. The number of carbonyl (C=O) groups is 1. The quantitative estimate of drug-likeness (QED) is 0.785. The summed E-state index contributed by atoms with van der Waals surface area (Å²) in [6.07, 6.45) is 1.06. The molecule has 0 aliphatic rings. The molecular weight excluding hydrogens is 308 g/mol. The number of carbonyl (C=O) groups excluding carboxylic acids is 1. The molecule has 0 aliphatic heterocycles. The number of hydrogen-bond acceptors (Lipinski definition) is 4. The van der Waals surface area contributed by atoms with Gasteiger partial charge < -0.3 is 5.32 Å². The molecule has 0 fully saturated rings. The highest BCUT2D eigenvalue weighted by atomic mass is 32.2. The smallest absolute Gasteiger partial charge is 0.253 e. The molecule has 0 aliphatic carbocycles. The van der Waals surface area contributed by atoms with Gasteiger partial charge in [-0.05, 0) is 12.1 Å². The Hall–Kier alpha value is -1.21. The van der Waals surface area contributed by atoms with Crippen molar-refractivity contribution in [3.8, 4) is 0 Å². The predicted octanol–water partition coefficient (Wildman–Crippen LogP) is 2.32. The van der Waals surface area contributed by atoms with Gasteiger partial charge in [0.1, 0.15) is 0 Å². The Morgan fingerprint density at radius 2 is 1.86 bits per heavy atom. The third kappa shape index (κ3) is 7.38. The van der Waals surface area contributed by atoms with Gasteiger partial charge >= 0.3 is 0 Å². The molecule has 0 heterocycles. The molecule has 5 nitrogen and oxygen atoms in total. The van der Waals surface area contributed by atoms with Crippen molar-refractivity contribution >= 4 is 33.4 Å². The number of amides is 1. The molecule has 2 N–H and O–H groups in total. The molecule has 0 aromatic heterocycles. The first-order valence-corrected chi connectivity index (χ1v) is 9.45. The highest BCUT2D eigenvalue weighted by Gasteiger charge is 2.14. The summed E-state index contributed by atoms with van der Waals surface area (Å²) in [5, 5.41) is 2.80. The number of benzene rings is 1. The number of thioether (sulfide) groups is 1. The standard InChI is InChI=1S/C14H22N2O3S2/c1-14(2,3)20-10-9-15-13(17)11-7-5-6-8-12(11)16-21(4,18)19/h5-8,16H,9-10H2,1-4H3,(H,15,17). The van der Waals surface area contributed by atoms with Crippen LogP contribution in [-0.2, 0) is 10.0 Å². The Balaban J connectivity index is 2.66. The number of sulfonamides is 1. The number of anilines is 1. The lowest BCUT2D eigenvalue weighted by atomic mass is 10.2. The van der Waals surface area contributed by atoms with E-state index in [1.807, 2.05) is 0 Å². The highest BCUT2D eigenvalue weighted by molar-refractivity contribution is 8.00. The average molecular weight is 330 g/mol. The fraction of sp³-hybridized carbons (Fsp3) is 0.500. The highest BCUT2D eigenvalue weighted by Crippen LogP contribution is 2.22. The molecule has 0 saturated carbocycles. The molecule has 21 heavy (non-hydrogen) atoms. The third-order valence-corrected chi connectivity index (χ3v) is 4.25. The molecule has 7 heteroatoms. The second kappa shape index (κ2) is 7.17. The van der Waals surface area contributed by atoms with Crippen LogP contribution >= 0.6 is 11.8 Å². The molecular formula is C14H22N2O3S2. The molecule has 118 valence electrons. The van der Waals surface area contributed by atoms with Crippen LogP contribution in [0.1, 0.15) is 31.1 Å². The number of hydrogen-bond donors (Lipinski definition) is 2. The van der Waals surface area contributed by atoms with E-state index < -0.39 is 10.0 Å². The maximum atomic E-state index is 12.1. The number of rotatable bonds is 6. The first kappa shape index (κ1) is 17.8. The van der Waals surface area contributed by atoms with Crippen molar-refractivity contribution in [3.05, 3.63) is 29.8 Å². The van der Waals surface area contributed by atoms with Crippen LogP contribution in [-0.4, -0.2) is 37.6 Å². The van der Waals surface area contributed by atoms with Crippen molar-refractivity contribution in [2.24, 2.45) is 0 Å². The van der Waals surface area contributed by atoms with E-state index >= 15 is 0 Å². The van der Waals surface area contributed by atoms with Gasteiger partial charge in [-0.3, -0.25) is 9.52 Å². The third-order valence-electron chi connectivity index (χ3n) is 2.39. The van der Waals surface area contributed by atoms with E-state index in [1.165, 1.54) is 0 Å². The zero-order chi connectivity index (χ0) is 16.1. The fourth-order valence-corrected chi connectivity index (χ4v) is 2.98. The van der Waals surface area contributed by atoms with Gasteiger partial charge in [-0.1, -0.05) is 32.9 Å².